The van der Waals surface area contributed by atoms with Crippen LogP contribution in [0, 0.1) is 5.82 Å². The molecule has 0 fully saturated rings. The number of hydrogen-bond donors (Lipinski definition) is 0. The maximum absolute atomic E-state index is 13.5. The fourth-order valence-corrected chi connectivity index (χ4v) is 3.93. The summed E-state index contributed by atoms with van der Waals surface area (Å²) in [5, 5.41) is 4.89. The van der Waals surface area contributed by atoms with Crippen molar-refractivity contribution in [2.45, 2.75) is 6.92 Å². The van der Waals surface area contributed by atoms with Gasteiger partial charge in [0.25, 0.3) is 11.8 Å². The summed E-state index contributed by atoms with van der Waals surface area (Å²) < 4.78 is 19.9. The Labute approximate surface area is 187 Å². The number of benzene rings is 2. The van der Waals surface area contributed by atoms with Gasteiger partial charge in [0.15, 0.2) is 5.65 Å². The Morgan fingerprint density at radius 3 is 2.39 bits per heavy atom. The monoisotopic (exact) mass is 444 g/mol. The molecule has 2 aromatic heterocycles. The van der Waals surface area contributed by atoms with Crippen molar-refractivity contribution in [3.8, 4) is 11.3 Å². The summed E-state index contributed by atoms with van der Waals surface area (Å²) in [7, 11) is 1.68. The molecule has 3 heterocycles. The molecular formula is C24H17FN4O4. The number of halogens is 1. The quantitative estimate of drug-likeness (QED) is 0.352. The third kappa shape index (κ3) is 3.16. The highest BCUT2D eigenvalue weighted by atomic mass is 19.1. The second-order valence-electron chi connectivity index (χ2n) is 7.44. The van der Waals surface area contributed by atoms with E-state index in [-0.39, 0.29) is 17.7 Å². The molecular weight excluding hydrogens is 427 g/mol. The standard InChI is InChI=1S/C24H17FN4O4/c1-3-33-24(32)14-6-10-16(11-7-14)29-22(30)17-12-26-21-19(18(17)23(29)31)20(27-28(21)2)13-4-8-15(25)9-5-13/h4-12H,3H2,1-2H3. The van der Waals surface area contributed by atoms with Gasteiger partial charge >= 0.3 is 5.97 Å². The summed E-state index contributed by atoms with van der Waals surface area (Å²) in [5.41, 5.74) is 2.41. The number of fused-ring (bicyclic) bond motifs is 3. The molecule has 2 amide bonds. The lowest BCUT2D eigenvalue weighted by molar-refractivity contribution is 0.0526. The van der Waals surface area contributed by atoms with E-state index in [0.29, 0.717) is 33.5 Å². The maximum atomic E-state index is 13.5. The zero-order chi connectivity index (χ0) is 23.3. The van der Waals surface area contributed by atoms with E-state index >= 15 is 0 Å². The van der Waals surface area contributed by atoms with Crippen LogP contribution in [0.25, 0.3) is 22.3 Å². The predicted molar refractivity (Wildman–Crippen MR) is 117 cm³/mol. The second-order valence-corrected chi connectivity index (χ2v) is 7.44. The Morgan fingerprint density at radius 1 is 1.03 bits per heavy atom. The van der Waals surface area contributed by atoms with Crippen molar-refractivity contribution >= 4 is 34.5 Å². The van der Waals surface area contributed by atoms with Crippen LogP contribution in [0.15, 0.2) is 54.7 Å². The highest BCUT2D eigenvalue weighted by molar-refractivity contribution is 6.38. The highest BCUT2D eigenvalue weighted by Gasteiger charge is 2.40. The molecule has 0 aliphatic carbocycles. The van der Waals surface area contributed by atoms with Crippen molar-refractivity contribution in [3.63, 3.8) is 0 Å². The number of pyridine rings is 1. The van der Waals surface area contributed by atoms with Gasteiger partial charge in [0.05, 0.1) is 34.4 Å². The maximum Gasteiger partial charge on any atom is 0.338 e. The average molecular weight is 444 g/mol. The van der Waals surface area contributed by atoms with E-state index in [9.17, 15) is 18.8 Å². The van der Waals surface area contributed by atoms with Crippen LogP contribution in [0.2, 0.25) is 0 Å². The lowest BCUT2D eigenvalue weighted by Gasteiger charge is -2.14. The molecule has 0 spiro atoms. The SMILES string of the molecule is CCOC(=O)c1ccc(N2C(=O)c3cnc4c(c(-c5ccc(F)cc5)nn4C)c3C2=O)cc1. The van der Waals surface area contributed by atoms with Gasteiger partial charge in [0.2, 0.25) is 0 Å². The molecule has 9 heteroatoms. The van der Waals surface area contributed by atoms with Crippen LogP contribution in [0.3, 0.4) is 0 Å². The van der Waals surface area contributed by atoms with E-state index in [2.05, 4.69) is 10.1 Å². The first kappa shape index (κ1) is 20.5. The minimum Gasteiger partial charge on any atom is -0.462 e. The number of carbonyl (C=O) groups is 3. The van der Waals surface area contributed by atoms with Crippen LogP contribution >= 0.6 is 0 Å². The van der Waals surface area contributed by atoms with Gasteiger partial charge < -0.3 is 4.74 Å². The van der Waals surface area contributed by atoms with E-state index < -0.39 is 23.6 Å². The first-order valence-electron chi connectivity index (χ1n) is 10.2. The number of anilines is 1. The van der Waals surface area contributed by atoms with Crippen LogP contribution in [-0.2, 0) is 11.8 Å². The first-order chi connectivity index (χ1) is 15.9. The molecule has 1 aliphatic heterocycles. The fraction of sp³-hybridized carbons (Fsp3) is 0.125. The number of aromatic nitrogens is 3. The molecule has 0 atom stereocenters. The number of rotatable bonds is 4. The summed E-state index contributed by atoms with van der Waals surface area (Å²) in [6, 6.07) is 11.8. The van der Waals surface area contributed by atoms with Crippen molar-refractivity contribution in [2.24, 2.45) is 7.05 Å². The van der Waals surface area contributed by atoms with E-state index in [1.54, 1.807) is 26.1 Å². The van der Waals surface area contributed by atoms with Crippen molar-refractivity contribution in [2.75, 3.05) is 11.5 Å². The van der Waals surface area contributed by atoms with Crippen LogP contribution < -0.4 is 4.90 Å². The summed E-state index contributed by atoms with van der Waals surface area (Å²) in [5.74, 6) is -1.94. The van der Waals surface area contributed by atoms with Crippen LogP contribution in [0.4, 0.5) is 10.1 Å². The number of carbonyl (C=O) groups excluding carboxylic acids is 3. The van der Waals surface area contributed by atoms with Gasteiger partial charge in [-0.3, -0.25) is 9.59 Å². The molecule has 0 N–H and O–H groups in total. The van der Waals surface area contributed by atoms with Crippen molar-refractivity contribution in [1.82, 2.24) is 14.8 Å². The Hall–Kier alpha value is -4.40. The smallest absolute Gasteiger partial charge is 0.338 e. The molecule has 33 heavy (non-hydrogen) atoms. The number of imide groups is 1. The molecule has 4 aromatic rings. The molecule has 0 saturated carbocycles. The third-order valence-corrected chi connectivity index (χ3v) is 5.46. The summed E-state index contributed by atoms with van der Waals surface area (Å²) >= 11 is 0. The lowest BCUT2D eigenvalue weighted by Crippen LogP contribution is -2.29. The van der Waals surface area contributed by atoms with Gasteiger partial charge in [-0.2, -0.15) is 5.10 Å². The second kappa shape index (κ2) is 7.63. The first-order valence-corrected chi connectivity index (χ1v) is 10.2. The molecule has 1 aliphatic rings. The van der Waals surface area contributed by atoms with Gasteiger partial charge in [-0.1, -0.05) is 0 Å². The molecule has 0 radical (unpaired) electrons. The average Bonchev–Trinajstić information content (AvgIpc) is 3.28. The van der Waals surface area contributed by atoms with Gasteiger partial charge in [-0.25, -0.2) is 23.8 Å². The molecule has 5 rings (SSSR count). The van der Waals surface area contributed by atoms with E-state index in [4.69, 9.17) is 4.74 Å². The molecule has 164 valence electrons. The van der Waals surface area contributed by atoms with Gasteiger partial charge in [0, 0.05) is 18.8 Å². The van der Waals surface area contributed by atoms with Crippen molar-refractivity contribution in [3.05, 3.63) is 77.2 Å². The Morgan fingerprint density at radius 2 is 1.73 bits per heavy atom. The van der Waals surface area contributed by atoms with Gasteiger partial charge in [0.1, 0.15) is 11.5 Å². The van der Waals surface area contributed by atoms with E-state index in [1.807, 2.05) is 0 Å². The fourth-order valence-electron chi connectivity index (χ4n) is 3.93. The minimum absolute atomic E-state index is 0.151. The van der Waals surface area contributed by atoms with E-state index in [0.717, 1.165) is 4.90 Å². The van der Waals surface area contributed by atoms with Crippen molar-refractivity contribution in [1.29, 1.82) is 0 Å². The topological polar surface area (TPSA) is 94.4 Å². The van der Waals surface area contributed by atoms with Crippen molar-refractivity contribution < 1.29 is 23.5 Å². The zero-order valence-corrected chi connectivity index (χ0v) is 17.7. The third-order valence-electron chi connectivity index (χ3n) is 5.46. The minimum atomic E-state index is -0.526. The number of hydrogen-bond acceptors (Lipinski definition) is 6. The molecule has 8 nitrogen and oxygen atoms in total. The number of esters is 1. The highest BCUT2D eigenvalue weighted by Crippen LogP contribution is 2.37. The molecule has 0 unspecified atom stereocenters. The Kier molecular flexibility index (Phi) is 4.74. The van der Waals surface area contributed by atoms with E-state index in [1.165, 1.54) is 47.3 Å². The Bertz CT molecular complexity index is 1440. The number of ether oxygens (including phenoxy) is 1. The van der Waals surface area contributed by atoms with Crippen LogP contribution in [-0.4, -0.2) is 39.2 Å². The van der Waals surface area contributed by atoms with Gasteiger partial charge in [-0.05, 0) is 55.5 Å². The summed E-state index contributed by atoms with van der Waals surface area (Å²) in [4.78, 5) is 44.0. The van der Waals surface area contributed by atoms with Gasteiger partial charge in [-0.15, -0.1) is 0 Å². The lowest BCUT2D eigenvalue weighted by atomic mass is 10.0. The predicted octanol–water partition coefficient (Wildman–Crippen LogP) is 3.75. The summed E-state index contributed by atoms with van der Waals surface area (Å²) in [6.45, 7) is 1.95. The normalized spacial score (nSPS) is 13.0. The number of amides is 2. The van der Waals surface area contributed by atoms with Crippen LogP contribution in [0.5, 0.6) is 0 Å². The van der Waals surface area contributed by atoms with Crippen LogP contribution in [0.1, 0.15) is 38.0 Å². The molecule has 0 saturated heterocycles. The molecule has 0 bridgehead atoms. The number of nitrogens with zero attached hydrogens (tertiary/aromatic N) is 4. The largest absolute Gasteiger partial charge is 0.462 e. The summed E-state index contributed by atoms with van der Waals surface area (Å²) in [6.07, 6.45) is 1.36. The molecule has 2 aromatic carbocycles. The Balaban J connectivity index is 1.62. The number of aryl methyl sites for hydroxylation is 1. The zero-order valence-electron chi connectivity index (χ0n) is 17.7.